The molecule has 1 fully saturated rings. The first kappa shape index (κ1) is 24.8. The van der Waals surface area contributed by atoms with Gasteiger partial charge in [-0.15, -0.1) is 0 Å². The predicted octanol–water partition coefficient (Wildman–Crippen LogP) is 6.34. The fraction of sp³-hybridized carbons (Fsp3) is 0.258. The van der Waals surface area contributed by atoms with Crippen LogP contribution in [0.1, 0.15) is 12.5 Å². The van der Waals surface area contributed by atoms with Gasteiger partial charge in [0.15, 0.2) is 0 Å². The molecule has 0 radical (unpaired) electrons. The Morgan fingerprint density at radius 2 is 1.59 bits per heavy atom. The van der Waals surface area contributed by atoms with Crippen LogP contribution >= 0.6 is 0 Å². The molecule has 2 heterocycles. The van der Waals surface area contributed by atoms with E-state index in [0.29, 0.717) is 6.61 Å². The molecule has 3 aromatic carbocycles. The molecule has 0 atom stereocenters. The molecular formula is C31H34N4O2. The van der Waals surface area contributed by atoms with Gasteiger partial charge in [0, 0.05) is 54.8 Å². The fourth-order valence-electron chi connectivity index (χ4n) is 4.51. The lowest BCUT2D eigenvalue weighted by Gasteiger charge is -2.28. The number of rotatable bonds is 9. The number of hydrogen-bond donors (Lipinski definition) is 2. The number of benzene rings is 3. The summed E-state index contributed by atoms with van der Waals surface area (Å²) in [7, 11) is 1.93. The van der Waals surface area contributed by atoms with Gasteiger partial charge in [0.1, 0.15) is 5.82 Å². The number of aromatic nitrogens is 2. The number of nitrogens with one attached hydrogen (secondary N) is 2. The van der Waals surface area contributed by atoms with Gasteiger partial charge in [-0.3, -0.25) is 0 Å². The van der Waals surface area contributed by atoms with Crippen molar-refractivity contribution >= 4 is 17.5 Å². The van der Waals surface area contributed by atoms with Gasteiger partial charge in [-0.2, -0.15) is 0 Å². The summed E-state index contributed by atoms with van der Waals surface area (Å²) in [5, 5.41) is 3.19. The molecule has 0 bridgehead atoms. The highest BCUT2D eigenvalue weighted by Crippen LogP contribution is 2.34. The van der Waals surface area contributed by atoms with Crippen molar-refractivity contribution in [3.8, 4) is 33.9 Å². The first-order valence-corrected chi connectivity index (χ1v) is 12.9. The van der Waals surface area contributed by atoms with Crippen molar-refractivity contribution in [1.29, 1.82) is 0 Å². The van der Waals surface area contributed by atoms with E-state index in [2.05, 4.69) is 94.1 Å². The molecule has 0 unspecified atom stereocenters. The number of aromatic amines is 1. The molecular weight excluding hydrogens is 460 g/mol. The molecule has 0 amide bonds. The molecule has 37 heavy (non-hydrogen) atoms. The smallest absolute Gasteiger partial charge is 0.138 e. The van der Waals surface area contributed by atoms with Crippen LogP contribution in [0.3, 0.4) is 0 Å². The molecule has 6 nitrogen and oxygen atoms in total. The van der Waals surface area contributed by atoms with E-state index in [1.807, 2.05) is 20.0 Å². The molecule has 1 aromatic heterocycles. The number of H-pyrrole nitrogens is 1. The van der Waals surface area contributed by atoms with Crippen molar-refractivity contribution in [2.24, 2.45) is 0 Å². The average Bonchev–Trinajstić information content (AvgIpc) is 3.42. The zero-order valence-electron chi connectivity index (χ0n) is 21.5. The zero-order valence-corrected chi connectivity index (χ0v) is 21.5. The second-order valence-corrected chi connectivity index (χ2v) is 8.97. The van der Waals surface area contributed by atoms with E-state index < -0.39 is 0 Å². The zero-order chi connectivity index (χ0) is 25.5. The Morgan fingerprint density at radius 3 is 2.27 bits per heavy atom. The lowest BCUT2D eigenvalue weighted by Crippen LogP contribution is -2.36. The van der Waals surface area contributed by atoms with E-state index in [0.717, 1.165) is 78.1 Å². The van der Waals surface area contributed by atoms with Gasteiger partial charge in [-0.25, -0.2) is 4.98 Å². The van der Waals surface area contributed by atoms with Gasteiger partial charge < -0.3 is 24.7 Å². The summed E-state index contributed by atoms with van der Waals surface area (Å²) in [6, 6.07) is 25.6. The molecule has 0 saturated carbocycles. The average molecular weight is 495 g/mol. The maximum Gasteiger partial charge on any atom is 0.138 e. The Labute approximate surface area is 219 Å². The highest BCUT2D eigenvalue weighted by Gasteiger charge is 2.17. The van der Waals surface area contributed by atoms with Crippen molar-refractivity contribution < 1.29 is 9.47 Å². The molecule has 5 rings (SSSR count). The molecule has 2 N–H and O–H groups in total. The Bertz CT molecular complexity index is 1300. The van der Waals surface area contributed by atoms with Gasteiger partial charge in [0.2, 0.25) is 0 Å². The minimum absolute atomic E-state index is 0.625. The second-order valence-electron chi connectivity index (χ2n) is 8.97. The second kappa shape index (κ2) is 11.9. The maximum absolute atomic E-state index is 5.51. The van der Waals surface area contributed by atoms with E-state index in [-0.39, 0.29) is 0 Å². The third-order valence-corrected chi connectivity index (χ3v) is 6.60. The van der Waals surface area contributed by atoms with Crippen LogP contribution in [0.5, 0.6) is 0 Å². The first-order chi connectivity index (χ1) is 18.2. The summed E-state index contributed by atoms with van der Waals surface area (Å²) < 4.78 is 10.9. The van der Waals surface area contributed by atoms with Crippen LogP contribution in [0.4, 0.5) is 11.4 Å². The number of morpholine rings is 1. The van der Waals surface area contributed by atoms with Crippen LogP contribution in [0, 0.1) is 0 Å². The topological polar surface area (TPSA) is 62.4 Å². The molecule has 190 valence electrons. The minimum atomic E-state index is 0.625. The molecule has 0 spiro atoms. The third kappa shape index (κ3) is 5.93. The Balaban J connectivity index is 1.47. The third-order valence-electron chi connectivity index (χ3n) is 6.60. The number of nitrogens with zero attached hydrogens (tertiary/aromatic N) is 2. The Kier molecular flexibility index (Phi) is 7.99. The van der Waals surface area contributed by atoms with Crippen LogP contribution < -0.4 is 10.2 Å². The Hall–Kier alpha value is -3.87. The van der Waals surface area contributed by atoms with Crippen LogP contribution in [0.2, 0.25) is 0 Å². The minimum Gasteiger partial charge on any atom is -0.388 e. The van der Waals surface area contributed by atoms with E-state index in [9.17, 15) is 0 Å². The largest absolute Gasteiger partial charge is 0.388 e. The summed E-state index contributed by atoms with van der Waals surface area (Å²) in [4.78, 5) is 11.1. The summed E-state index contributed by atoms with van der Waals surface area (Å²) in [6.07, 6.45) is 4.12. The van der Waals surface area contributed by atoms with Gasteiger partial charge in [0.25, 0.3) is 0 Å². The lowest BCUT2D eigenvalue weighted by molar-refractivity contribution is 0.122. The summed E-state index contributed by atoms with van der Waals surface area (Å²) >= 11 is 0. The van der Waals surface area contributed by atoms with E-state index in [4.69, 9.17) is 14.5 Å². The SMILES string of the molecule is CCOCC=Cc1ccc(-c2nc(-c3ccc(N4CCOCC4)cc3)c(-c3ccc(NC)cc3)[nH]2)cc1. The molecule has 1 aliphatic heterocycles. The summed E-state index contributed by atoms with van der Waals surface area (Å²) in [6.45, 7) is 6.75. The number of imidazole rings is 1. The standard InChI is InChI=1S/C31H34N4O2/c1-3-36-20-4-5-23-6-8-26(9-7-23)31-33-29(24-10-14-27(32-2)15-11-24)30(34-31)25-12-16-28(17-13-25)35-18-21-37-22-19-35/h4-17,32H,3,18-22H2,1-2H3,(H,33,34). The highest BCUT2D eigenvalue weighted by molar-refractivity contribution is 5.82. The number of ether oxygens (including phenoxy) is 2. The van der Waals surface area contributed by atoms with Gasteiger partial charge in [-0.05, 0) is 36.8 Å². The van der Waals surface area contributed by atoms with E-state index in [1.165, 1.54) is 5.69 Å². The molecule has 6 heteroatoms. The normalized spacial score (nSPS) is 13.8. The van der Waals surface area contributed by atoms with Crippen molar-refractivity contribution in [2.75, 3.05) is 56.8 Å². The monoisotopic (exact) mass is 494 g/mol. The summed E-state index contributed by atoms with van der Waals surface area (Å²) in [5.41, 5.74) is 8.62. The first-order valence-electron chi connectivity index (χ1n) is 12.9. The number of anilines is 2. The fourth-order valence-corrected chi connectivity index (χ4v) is 4.51. The van der Waals surface area contributed by atoms with Crippen LogP contribution in [0.15, 0.2) is 78.9 Å². The summed E-state index contributed by atoms with van der Waals surface area (Å²) in [5.74, 6) is 0.852. The molecule has 1 saturated heterocycles. The van der Waals surface area contributed by atoms with E-state index in [1.54, 1.807) is 0 Å². The molecule has 0 aliphatic carbocycles. The highest BCUT2D eigenvalue weighted by atomic mass is 16.5. The molecule has 1 aliphatic rings. The quantitative estimate of drug-likeness (QED) is 0.266. The van der Waals surface area contributed by atoms with E-state index >= 15 is 0 Å². The van der Waals surface area contributed by atoms with Gasteiger partial charge in [0.05, 0.1) is 31.2 Å². The van der Waals surface area contributed by atoms with Gasteiger partial charge in [-0.1, -0.05) is 60.7 Å². The molecule has 4 aromatic rings. The number of hydrogen-bond acceptors (Lipinski definition) is 5. The Morgan fingerprint density at radius 1 is 0.919 bits per heavy atom. The maximum atomic E-state index is 5.51. The van der Waals surface area contributed by atoms with Crippen LogP contribution in [0.25, 0.3) is 40.0 Å². The van der Waals surface area contributed by atoms with Crippen molar-refractivity contribution in [3.63, 3.8) is 0 Å². The van der Waals surface area contributed by atoms with Crippen molar-refractivity contribution in [3.05, 3.63) is 84.4 Å². The predicted molar refractivity (Wildman–Crippen MR) is 153 cm³/mol. The van der Waals surface area contributed by atoms with Crippen LogP contribution in [-0.2, 0) is 9.47 Å². The van der Waals surface area contributed by atoms with Crippen molar-refractivity contribution in [1.82, 2.24) is 9.97 Å². The lowest BCUT2D eigenvalue weighted by atomic mass is 10.0. The van der Waals surface area contributed by atoms with Crippen molar-refractivity contribution in [2.45, 2.75) is 6.92 Å². The van der Waals surface area contributed by atoms with Crippen LogP contribution in [-0.4, -0.2) is 56.5 Å². The van der Waals surface area contributed by atoms with Gasteiger partial charge >= 0.3 is 0 Å².